The van der Waals surface area contributed by atoms with Gasteiger partial charge in [0, 0.05) is 24.1 Å². The van der Waals surface area contributed by atoms with Crippen molar-refractivity contribution in [3.63, 3.8) is 0 Å². The minimum Gasteiger partial charge on any atom is -0.491 e. The Morgan fingerprint density at radius 3 is 3.00 bits per heavy atom. The lowest BCUT2D eigenvalue weighted by atomic mass is 9.79. The highest BCUT2D eigenvalue weighted by Crippen LogP contribution is 2.39. The second-order valence-electron chi connectivity index (χ2n) is 5.62. The Morgan fingerprint density at radius 2 is 2.29 bits per heavy atom. The van der Waals surface area contributed by atoms with E-state index in [9.17, 15) is 14.4 Å². The zero-order valence-electron chi connectivity index (χ0n) is 11.6. The molecule has 0 bridgehead atoms. The summed E-state index contributed by atoms with van der Waals surface area (Å²) in [6, 6.07) is 3.82. The van der Waals surface area contributed by atoms with Crippen LogP contribution in [0.4, 0.5) is 4.39 Å². The fourth-order valence-corrected chi connectivity index (χ4v) is 4.33. The molecule has 2 fully saturated rings. The molecule has 0 saturated carbocycles. The maximum Gasteiger partial charge on any atom is 0.492 e. The summed E-state index contributed by atoms with van der Waals surface area (Å²) in [5.41, 5.74) is -0.0395. The predicted molar refractivity (Wildman–Crippen MR) is 80.5 cm³/mol. The van der Waals surface area contributed by atoms with Crippen LogP contribution >= 0.6 is 11.8 Å². The third-order valence-corrected chi connectivity index (χ3v) is 5.28. The zero-order valence-corrected chi connectivity index (χ0v) is 12.4. The SMILES string of the molecule is OB(O)c1cc(F)ccc1OC1CCOC2(CCSC2)C1. The van der Waals surface area contributed by atoms with E-state index in [-0.39, 0.29) is 17.2 Å². The van der Waals surface area contributed by atoms with Gasteiger partial charge in [-0.15, -0.1) is 0 Å². The van der Waals surface area contributed by atoms with Crippen LogP contribution in [0.2, 0.25) is 0 Å². The summed E-state index contributed by atoms with van der Waals surface area (Å²) < 4.78 is 25.1. The molecule has 3 rings (SSSR count). The quantitative estimate of drug-likeness (QED) is 0.814. The minimum atomic E-state index is -1.74. The average molecular weight is 312 g/mol. The monoisotopic (exact) mass is 312 g/mol. The lowest BCUT2D eigenvalue weighted by molar-refractivity contribution is -0.0957. The molecule has 2 saturated heterocycles. The third-order valence-electron chi connectivity index (χ3n) is 4.06. The van der Waals surface area contributed by atoms with Gasteiger partial charge < -0.3 is 19.5 Å². The van der Waals surface area contributed by atoms with E-state index in [1.807, 2.05) is 11.8 Å². The molecule has 2 atom stereocenters. The summed E-state index contributed by atoms with van der Waals surface area (Å²) in [5, 5.41) is 18.7. The van der Waals surface area contributed by atoms with Crippen molar-refractivity contribution in [3.8, 4) is 5.75 Å². The van der Waals surface area contributed by atoms with Gasteiger partial charge >= 0.3 is 7.12 Å². The fourth-order valence-electron chi connectivity index (χ4n) is 2.95. The van der Waals surface area contributed by atoms with Crippen LogP contribution in [0.5, 0.6) is 5.75 Å². The molecule has 1 aromatic carbocycles. The minimum absolute atomic E-state index is 0.0413. The van der Waals surface area contributed by atoms with Crippen LogP contribution in [-0.2, 0) is 4.74 Å². The van der Waals surface area contributed by atoms with Crippen molar-refractivity contribution in [3.05, 3.63) is 24.0 Å². The molecule has 2 unspecified atom stereocenters. The maximum atomic E-state index is 13.2. The Morgan fingerprint density at radius 1 is 1.43 bits per heavy atom. The average Bonchev–Trinajstić information content (AvgIpc) is 2.88. The van der Waals surface area contributed by atoms with Gasteiger partial charge in [-0.1, -0.05) is 0 Å². The van der Waals surface area contributed by atoms with E-state index in [2.05, 4.69) is 0 Å². The first kappa shape index (κ1) is 15.2. The van der Waals surface area contributed by atoms with Crippen LogP contribution in [0, 0.1) is 5.82 Å². The van der Waals surface area contributed by atoms with E-state index in [1.165, 1.54) is 12.1 Å². The highest BCUT2D eigenvalue weighted by molar-refractivity contribution is 7.99. The summed E-state index contributed by atoms with van der Waals surface area (Å²) >= 11 is 1.89. The highest BCUT2D eigenvalue weighted by atomic mass is 32.2. The number of hydrogen-bond donors (Lipinski definition) is 2. The summed E-state index contributed by atoms with van der Waals surface area (Å²) in [5.74, 6) is 1.90. The Kier molecular flexibility index (Phi) is 4.45. The zero-order chi connectivity index (χ0) is 14.9. The topological polar surface area (TPSA) is 58.9 Å². The molecule has 7 heteroatoms. The van der Waals surface area contributed by atoms with Crippen molar-refractivity contribution < 1.29 is 23.9 Å². The Labute approximate surface area is 127 Å². The van der Waals surface area contributed by atoms with Gasteiger partial charge in [0.05, 0.1) is 12.2 Å². The summed E-state index contributed by atoms with van der Waals surface area (Å²) in [4.78, 5) is 0. The Hall–Kier alpha value is -0.755. The summed E-state index contributed by atoms with van der Waals surface area (Å²) in [6.45, 7) is 0.642. The number of rotatable bonds is 3. The van der Waals surface area contributed by atoms with Crippen molar-refractivity contribution in [1.82, 2.24) is 0 Å². The molecule has 2 N–H and O–H groups in total. The van der Waals surface area contributed by atoms with E-state index in [1.54, 1.807) is 0 Å². The van der Waals surface area contributed by atoms with Crippen LogP contribution in [0.15, 0.2) is 18.2 Å². The number of hydrogen-bond acceptors (Lipinski definition) is 5. The van der Waals surface area contributed by atoms with Gasteiger partial charge in [-0.3, -0.25) is 0 Å². The largest absolute Gasteiger partial charge is 0.492 e. The van der Waals surface area contributed by atoms with Crippen LogP contribution in [-0.4, -0.2) is 47.0 Å². The molecule has 2 heterocycles. The molecular weight excluding hydrogens is 294 g/mol. The first-order valence-corrected chi connectivity index (χ1v) is 8.27. The second kappa shape index (κ2) is 6.16. The molecule has 0 aromatic heterocycles. The van der Waals surface area contributed by atoms with Crippen molar-refractivity contribution >= 4 is 24.3 Å². The van der Waals surface area contributed by atoms with Gasteiger partial charge in [-0.25, -0.2) is 4.39 Å². The molecule has 2 aliphatic heterocycles. The number of benzene rings is 1. The number of thioether (sulfide) groups is 1. The molecule has 0 amide bonds. The highest BCUT2D eigenvalue weighted by Gasteiger charge is 2.41. The van der Waals surface area contributed by atoms with Crippen LogP contribution < -0.4 is 10.2 Å². The molecule has 1 aromatic rings. The normalized spacial score (nSPS) is 28.8. The van der Waals surface area contributed by atoms with Crippen molar-refractivity contribution in [2.24, 2.45) is 0 Å². The molecule has 0 radical (unpaired) electrons. The van der Waals surface area contributed by atoms with Crippen molar-refractivity contribution in [2.75, 3.05) is 18.1 Å². The van der Waals surface area contributed by atoms with E-state index in [0.717, 1.165) is 36.8 Å². The van der Waals surface area contributed by atoms with Gasteiger partial charge in [0.25, 0.3) is 0 Å². The lowest BCUT2D eigenvalue weighted by Crippen LogP contribution is -2.44. The van der Waals surface area contributed by atoms with Gasteiger partial charge in [0.15, 0.2) is 0 Å². The molecule has 4 nitrogen and oxygen atoms in total. The van der Waals surface area contributed by atoms with E-state index in [4.69, 9.17) is 9.47 Å². The van der Waals surface area contributed by atoms with Gasteiger partial charge in [0.1, 0.15) is 17.7 Å². The van der Waals surface area contributed by atoms with Crippen LogP contribution in [0.1, 0.15) is 19.3 Å². The smallest absolute Gasteiger partial charge is 0.491 e. The van der Waals surface area contributed by atoms with Gasteiger partial charge in [0.2, 0.25) is 0 Å². The Bertz CT molecular complexity index is 508. The molecular formula is C14H18BFO4S. The van der Waals surface area contributed by atoms with Crippen molar-refractivity contribution in [2.45, 2.75) is 31.0 Å². The number of ether oxygens (including phenoxy) is 2. The first-order valence-electron chi connectivity index (χ1n) is 7.12. The third kappa shape index (κ3) is 3.36. The maximum absolute atomic E-state index is 13.2. The standard InChI is InChI=1S/C14H18BFO4S/c16-10-1-2-13(12(7-10)15(17)18)20-11-3-5-19-14(8-11)4-6-21-9-14/h1-2,7,11,17-18H,3-6,8-9H2. The fraction of sp³-hybridized carbons (Fsp3) is 0.571. The molecule has 0 aliphatic carbocycles. The van der Waals surface area contributed by atoms with E-state index < -0.39 is 12.9 Å². The van der Waals surface area contributed by atoms with Crippen LogP contribution in [0.3, 0.4) is 0 Å². The summed E-state index contributed by atoms with van der Waals surface area (Å²) in [7, 11) is -1.74. The molecule has 21 heavy (non-hydrogen) atoms. The first-order chi connectivity index (χ1) is 10.1. The molecule has 1 spiro atoms. The summed E-state index contributed by atoms with van der Waals surface area (Å²) in [6.07, 6.45) is 2.53. The Balaban J connectivity index is 1.74. The van der Waals surface area contributed by atoms with Crippen molar-refractivity contribution in [1.29, 1.82) is 0 Å². The van der Waals surface area contributed by atoms with Gasteiger partial charge in [-0.05, 0) is 30.4 Å². The molecule has 2 aliphatic rings. The predicted octanol–water partition coefficient (Wildman–Crippen LogP) is 0.939. The van der Waals surface area contributed by atoms with Crippen LogP contribution in [0.25, 0.3) is 0 Å². The second-order valence-corrected chi connectivity index (χ2v) is 6.73. The lowest BCUT2D eigenvalue weighted by Gasteiger charge is -2.37. The van der Waals surface area contributed by atoms with Gasteiger partial charge in [-0.2, -0.15) is 11.8 Å². The number of halogens is 1. The molecule has 114 valence electrons. The van der Waals surface area contributed by atoms with E-state index >= 15 is 0 Å². The van der Waals surface area contributed by atoms with E-state index in [0.29, 0.717) is 12.4 Å².